The maximum Gasteiger partial charge on any atom is 0.227 e. The standard InChI is InChI=1S/C18H27NO3S/c1-4-5-9-19(17-8-10-23(21,22)13-17)18(20)12-16-11-14(2)6-7-15(16)3/h6-7,11,17H,4-5,8-10,12-13H2,1-3H3. The summed E-state index contributed by atoms with van der Waals surface area (Å²) in [5.74, 6) is 0.376. The second-order valence-electron chi connectivity index (χ2n) is 6.60. The fourth-order valence-corrected chi connectivity index (χ4v) is 4.85. The van der Waals surface area contributed by atoms with Gasteiger partial charge in [-0.15, -0.1) is 0 Å². The number of carbonyl (C=O) groups is 1. The van der Waals surface area contributed by atoms with Gasteiger partial charge in [0.1, 0.15) is 0 Å². The second-order valence-corrected chi connectivity index (χ2v) is 8.83. The number of sulfone groups is 1. The van der Waals surface area contributed by atoms with Gasteiger partial charge in [-0.25, -0.2) is 8.42 Å². The summed E-state index contributed by atoms with van der Waals surface area (Å²) in [6.07, 6.45) is 2.83. The van der Waals surface area contributed by atoms with Gasteiger partial charge in [0.25, 0.3) is 0 Å². The Hall–Kier alpha value is -1.36. The highest BCUT2D eigenvalue weighted by atomic mass is 32.2. The van der Waals surface area contributed by atoms with Crippen LogP contribution in [0, 0.1) is 13.8 Å². The molecule has 128 valence electrons. The monoisotopic (exact) mass is 337 g/mol. The van der Waals surface area contributed by atoms with Crippen LogP contribution in [0.5, 0.6) is 0 Å². The van der Waals surface area contributed by atoms with Crippen molar-refractivity contribution >= 4 is 15.7 Å². The van der Waals surface area contributed by atoms with Crippen LogP contribution in [-0.2, 0) is 21.1 Å². The molecule has 0 N–H and O–H groups in total. The van der Waals surface area contributed by atoms with Gasteiger partial charge in [-0.1, -0.05) is 37.1 Å². The lowest BCUT2D eigenvalue weighted by Crippen LogP contribution is -2.42. The number of rotatable bonds is 6. The third-order valence-corrected chi connectivity index (χ3v) is 6.32. The maximum absolute atomic E-state index is 12.8. The van der Waals surface area contributed by atoms with Crippen molar-refractivity contribution < 1.29 is 13.2 Å². The third kappa shape index (κ3) is 4.80. The van der Waals surface area contributed by atoms with Gasteiger partial charge in [-0.3, -0.25) is 4.79 Å². The van der Waals surface area contributed by atoms with E-state index in [0.29, 0.717) is 19.4 Å². The molecule has 1 aromatic rings. The van der Waals surface area contributed by atoms with Crippen molar-refractivity contribution in [1.29, 1.82) is 0 Å². The Balaban J connectivity index is 2.15. The topological polar surface area (TPSA) is 54.5 Å². The number of hydrogen-bond donors (Lipinski definition) is 0. The van der Waals surface area contributed by atoms with Crippen LogP contribution in [0.15, 0.2) is 18.2 Å². The van der Waals surface area contributed by atoms with Gasteiger partial charge < -0.3 is 4.90 Å². The molecule has 1 aliphatic heterocycles. The minimum absolute atomic E-state index is 0.0502. The lowest BCUT2D eigenvalue weighted by Gasteiger charge is -2.28. The van der Waals surface area contributed by atoms with E-state index in [9.17, 15) is 13.2 Å². The molecule has 1 aromatic carbocycles. The zero-order chi connectivity index (χ0) is 17.0. The number of unbranched alkanes of at least 4 members (excludes halogenated alkanes) is 1. The predicted molar refractivity (Wildman–Crippen MR) is 93.3 cm³/mol. The molecule has 0 saturated carbocycles. The first-order valence-corrected chi connectivity index (χ1v) is 10.2. The summed E-state index contributed by atoms with van der Waals surface area (Å²) in [5, 5.41) is 0. The van der Waals surface area contributed by atoms with Crippen molar-refractivity contribution in [3.8, 4) is 0 Å². The molecule has 1 aliphatic rings. The molecule has 23 heavy (non-hydrogen) atoms. The Morgan fingerprint density at radius 3 is 2.65 bits per heavy atom. The summed E-state index contributed by atoms with van der Waals surface area (Å²) in [5.41, 5.74) is 3.29. The van der Waals surface area contributed by atoms with E-state index < -0.39 is 9.84 Å². The van der Waals surface area contributed by atoms with E-state index in [0.717, 1.165) is 29.5 Å². The number of benzene rings is 1. The van der Waals surface area contributed by atoms with Crippen LogP contribution in [0.1, 0.15) is 42.9 Å². The van der Waals surface area contributed by atoms with Crippen LogP contribution in [0.4, 0.5) is 0 Å². The number of amides is 1. The maximum atomic E-state index is 12.8. The largest absolute Gasteiger partial charge is 0.338 e. The van der Waals surface area contributed by atoms with Crippen LogP contribution in [-0.4, -0.2) is 43.3 Å². The normalized spacial score (nSPS) is 19.7. The summed E-state index contributed by atoms with van der Waals surface area (Å²) in [7, 11) is -2.98. The van der Waals surface area contributed by atoms with Gasteiger partial charge in [0, 0.05) is 12.6 Å². The lowest BCUT2D eigenvalue weighted by molar-refractivity contribution is -0.132. The van der Waals surface area contributed by atoms with E-state index in [1.54, 1.807) is 0 Å². The van der Waals surface area contributed by atoms with Gasteiger partial charge in [0.15, 0.2) is 9.84 Å². The molecular weight excluding hydrogens is 310 g/mol. The predicted octanol–water partition coefficient (Wildman–Crippen LogP) is 2.66. The minimum Gasteiger partial charge on any atom is -0.338 e. The lowest BCUT2D eigenvalue weighted by atomic mass is 10.0. The van der Waals surface area contributed by atoms with Crippen LogP contribution in [0.25, 0.3) is 0 Å². The fraction of sp³-hybridized carbons (Fsp3) is 0.611. The molecule has 1 atom stereocenters. The molecule has 4 nitrogen and oxygen atoms in total. The number of hydrogen-bond acceptors (Lipinski definition) is 3. The minimum atomic E-state index is -2.98. The van der Waals surface area contributed by atoms with E-state index in [1.807, 2.05) is 30.9 Å². The Labute approximate surface area is 139 Å². The van der Waals surface area contributed by atoms with E-state index >= 15 is 0 Å². The molecule has 0 spiro atoms. The molecule has 5 heteroatoms. The summed E-state index contributed by atoms with van der Waals surface area (Å²) in [6, 6.07) is 5.98. The van der Waals surface area contributed by atoms with Gasteiger partial charge in [-0.2, -0.15) is 0 Å². The third-order valence-electron chi connectivity index (χ3n) is 4.57. The molecule has 1 fully saturated rings. The molecule has 1 amide bonds. The average molecular weight is 337 g/mol. The zero-order valence-corrected chi connectivity index (χ0v) is 15.2. The number of nitrogens with zero attached hydrogens (tertiary/aromatic N) is 1. The van der Waals surface area contributed by atoms with Crippen molar-refractivity contribution in [3.63, 3.8) is 0 Å². The summed E-state index contributed by atoms with van der Waals surface area (Å²) in [4.78, 5) is 14.6. The van der Waals surface area contributed by atoms with Crippen molar-refractivity contribution in [1.82, 2.24) is 4.90 Å². The van der Waals surface area contributed by atoms with Crippen LogP contribution in [0.3, 0.4) is 0 Å². The Bertz CT molecular complexity index is 667. The zero-order valence-electron chi connectivity index (χ0n) is 14.3. The van der Waals surface area contributed by atoms with Gasteiger partial charge >= 0.3 is 0 Å². The van der Waals surface area contributed by atoms with E-state index in [2.05, 4.69) is 13.0 Å². The Kier molecular flexibility index (Phi) is 5.84. The average Bonchev–Trinajstić information content (AvgIpc) is 2.83. The quantitative estimate of drug-likeness (QED) is 0.802. The highest BCUT2D eigenvalue weighted by Gasteiger charge is 2.34. The van der Waals surface area contributed by atoms with Crippen molar-refractivity contribution in [3.05, 3.63) is 34.9 Å². The highest BCUT2D eigenvalue weighted by Crippen LogP contribution is 2.20. The fourth-order valence-electron chi connectivity index (χ4n) is 3.12. The van der Waals surface area contributed by atoms with Crippen molar-refractivity contribution in [2.75, 3.05) is 18.1 Å². The Morgan fingerprint density at radius 2 is 2.04 bits per heavy atom. The molecule has 0 bridgehead atoms. The summed E-state index contributed by atoms with van der Waals surface area (Å²) < 4.78 is 23.5. The van der Waals surface area contributed by atoms with Gasteiger partial charge in [-0.05, 0) is 37.8 Å². The van der Waals surface area contributed by atoms with Crippen LogP contribution in [0.2, 0.25) is 0 Å². The number of carbonyl (C=O) groups excluding carboxylic acids is 1. The molecule has 2 rings (SSSR count). The van der Waals surface area contributed by atoms with Crippen LogP contribution >= 0.6 is 0 Å². The molecule has 0 radical (unpaired) electrons. The van der Waals surface area contributed by atoms with E-state index in [4.69, 9.17) is 0 Å². The second kappa shape index (κ2) is 7.47. The first kappa shape index (κ1) is 18.0. The van der Waals surface area contributed by atoms with Crippen LogP contribution < -0.4 is 0 Å². The molecular formula is C18H27NO3S. The molecule has 1 saturated heterocycles. The highest BCUT2D eigenvalue weighted by molar-refractivity contribution is 7.91. The van der Waals surface area contributed by atoms with Crippen molar-refractivity contribution in [2.24, 2.45) is 0 Å². The Morgan fingerprint density at radius 1 is 1.30 bits per heavy atom. The first-order chi connectivity index (χ1) is 10.8. The first-order valence-electron chi connectivity index (χ1n) is 8.38. The van der Waals surface area contributed by atoms with E-state index in [-0.39, 0.29) is 23.5 Å². The summed E-state index contributed by atoms with van der Waals surface area (Å²) >= 11 is 0. The smallest absolute Gasteiger partial charge is 0.227 e. The SMILES string of the molecule is CCCCN(C(=O)Cc1cc(C)ccc1C)C1CCS(=O)(=O)C1. The summed E-state index contributed by atoms with van der Waals surface area (Å²) in [6.45, 7) is 6.77. The molecule has 0 aromatic heterocycles. The molecule has 1 heterocycles. The van der Waals surface area contributed by atoms with E-state index in [1.165, 1.54) is 0 Å². The molecule has 0 aliphatic carbocycles. The number of aryl methyl sites for hydroxylation is 2. The molecule has 1 unspecified atom stereocenters. The van der Waals surface area contributed by atoms with Gasteiger partial charge in [0.2, 0.25) is 5.91 Å². The van der Waals surface area contributed by atoms with Crippen molar-refractivity contribution in [2.45, 2.75) is 52.5 Å². The van der Waals surface area contributed by atoms with Gasteiger partial charge in [0.05, 0.1) is 17.9 Å².